The largest absolute Gasteiger partial charge is 0.397 e. The van der Waals surface area contributed by atoms with Crippen molar-refractivity contribution in [2.75, 3.05) is 93.9 Å². The highest BCUT2D eigenvalue weighted by atomic mass is 16.4. The fourth-order valence-corrected chi connectivity index (χ4v) is 23.2. The first-order chi connectivity index (χ1) is 60.4. The van der Waals surface area contributed by atoms with Crippen LogP contribution in [-0.2, 0) is 0 Å². The molecule has 0 amide bonds. The number of hydrogen-bond acceptors (Lipinski definition) is 39. The summed E-state index contributed by atoms with van der Waals surface area (Å²) in [6, 6.07) is 2.01. The highest BCUT2D eigenvalue weighted by molar-refractivity contribution is 5.87. The Morgan fingerprint density at radius 2 is 0.611 bits per heavy atom. The zero-order chi connectivity index (χ0) is 89.1. The van der Waals surface area contributed by atoms with Crippen molar-refractivity contribution in [3.05, 3.63) is 85.8 Å². The fourth-order valence-electron chi connectivity index (χ4n) is 23.2. The van der Waals surface area contributed by atoms with Crippen molar-refractivity contribution in [3.63, 3.8) is 0 Å². The molecule has 0 bridgehead atoms. The number of aliphatic hydroxyl groups is 17. The molecule has 12 heterocycles. The number of hydrogen-bond donors (Lipinski definition) is 23. The molecule has 126 heavy (non-hydrogen) atoms. The number of rotatable bonds is 15. The molecule has 0 saturated heterocycles. The lowest BCUT2D eigenvalue weighted by Crippen LogP contribution is -2.35. The van der Waals surface area contributed by atoms with Gasteiger partial charge in [-0.3, -0.25) is 0 Å². The molecule has 12 aromatic heterocycles. The third kappa shape index (κ3) is 12.3. The summed E-state index contributed by atoms with van der Waals surface area (Å²) in [7, 11) is 5.41. The van der Waals surface area contributed by atoms with Crippen LogP contribution in [0.2, 0.25) is 0 Å². The third-order valence-electron chi connectivity index (χ3n) is 30.6. The van der Waals surface area contributed by atoms with Crippen LogP contribution in [0, 0.1) is 95.7 Å². The molecule has 26 N–H and O–H groups in total. The molecule has 29 unspecified atom stereocenters. The van der Waals surface area contributed by atoms with E-state index < -0.39 is 94.2 Å². The summed E-state index contributed by atoms with van der Waals surface area (Å²) >= 11 is 0. The van der Waals surface area contributed by atoms with Gasteiger partial charge in [-0.25, -0.2) is 79.7 Å². The standard InChI is InChI=1S/C14H19N5O3.C14H19N5O2.C14H18N4O3.2C13H17N5O3.C13H16N4O3/c1-6-17-12(15-2)8-13(18-6)19(5-16-8)9-7-3-14(7,4-20)11(22)10(9)21;1-7-17-12(15-2)11-13(18-7)19(6-16-11)9-3-10(21)14(5-20)4-8(9)14;1-15-8-2-3-16-13-9(8)17-6-18(13)10-7-4-14(7,5-19)12(21)11(10)20;2*1-5-16-11(14)7-12(17-5)18(4-15-7)8-6-2-13(6,3-19)10(21)9(8)20;14-7-1-2-15-12-8(7)16-5-17(12)9-6-3-13(6,4-18)11(20)10(9)19/h5,7,9-11,20-22H,3-4H2,1-2H3,(H,15,17,18);6,8-10,20-21H,3-5H2,1-2H3,(H,15,17,18);2-3,6-7,10-12,19-21H,4-5H2,1H3,(H,15,16);2*4,6,8-10,19-21H,2-3H2,1H3,(H2,14,16,17);1-2,5-6,9-11,18-20H,3-4H2,(H2,14,15). The first-order valence-electron chi connectivity index (χ1n) is 42.3. The van der Waals surface area contributed by atoms with Crippen LogP contribution in [0.3, 0.4) is 0 Å². The lowest BCUT2D eigenvalue weighted by Gasteiger charge is -2.23. The number of aryl methyl sites for hydroxylation is 4. The maximum absolute atomic E-state index is 10.4. The number of nitrogen functional groups attached to an aromatic ring is 3. The quantitative estimate of drug-likeness (QED) is 0.0485. The van der Waals surface area contributed by atoms with Gasteiger partial charge in [0, 0.05) is 72.1 Å². The molecule has 45 heteroatoms. The van der Waals surface area contributed by atoms with Crippen LogP contribution < -0.4 is 33.2 Å². The van der Waals surface area contributed by atoms with Crippen LogP contribution in [0.15, 0.2) is 62.5 Å². The molecule has 12 aliphatic carbocycles. The van der Waals surface area contributed by atoms with E-state index in [4.69, 9.17) is 17.2 Å². The SMILES string of the molecule is CNc1ccnc2c1ncn2C1C(O)C(O)C2(CO)CC12.CNc1nc(C)nc2c1ncn2C1C(O)C(O)C2(CO)CC12.CNc1nc(C)nc2c1ncn2C1CC(O)C2(CO)CC12.Cc1nc(N)c2ncn(C3C(O)C(O)C4(CO)CC34)c2n1.Cc1nc(N)c2ncn(C3C(O)C(O)C4(CO)CC34)c2n1.Nc1ccnc2c1ncn2C1C(O)C(O)C2(CO)CC12. The van der Waals surface area contributed by atoms with Gasteiger partial charge >= 0.3 is 0 Å². The molecule has 24 rings (SSSR count). The topological polar surface area (TPSA) is 694 Å². The fraction of sp³-hybridized carbons (Fsp3) is 0.605. The summed E-state index contributed by atoms with van der Waals surface area (Å²) in [6.07, 6.45) is 8.39. The second-order valence-electron chi connectivity index (χ2n) is 36.7. The van der Waals surface area contributed by atoms with Gasteiger partial charge in [0.25, 0.3) is 0 Å². The Labute approximate surface area is 716 Å². The van der Waals surface area contributed by atoms with Crippen LogP contribution in [0.5, 0.6) is 0 Å². The van der Waals surface area contributed by atoms with E-state index in [1.165, 1.54) is 0 Å². The predicted octanol–water partition coefficient (Wildman–Crippen LogP) is -3.05. The lowest BCUT2D eigenvalue weighted by atomic mass is 10.0. The van der Waals surface area contributed by atoms with E-state index in [1.54, 1.807) is 97.9 Å². The average molecular weight is 1740 g/mol. The van der Waals surface area contributed by atoms with Crippen molar-refractivity contribution < 1.29 is 86.8 Å². The second-order valence-corrected chi connectivity index (χ2v) is 36.7. The number of nitrogens with zero attached hydrogens (tertiary/aromatic N) is 22. The zero-order valence-corrected chi connectivity index (χ0v) is 69.9. The summed E-state index contributed by atoms with van der Waals surface area (Å²) in [4.78, 5) is 69.0. The number of aliphatic hydroxyl groups excluding tert-OH is 17. The van der Waals surface area contributed by atoms with Crippen molar-refractivity contribution >= 4 is 102 Å². The summed E-state index contributed by atoms with van der Waals surface area (Å²) < 4.78 is 11.0. The van der Waals surface area contributed by atoms with Crippen molar-refractivity contribution in [1.82, 2.24) is 107 Å². The van der Waals surface area contributed by atoms with Crippen LogP contribution in [0.25, 0.3) is 67.0 Å². The van der Waals surface area contributed by atoms with Crippen molar-refractivity contribution in [3.8, 4) is 0 Å². The molecule has 0 spiro atoms. The second kappa shape index (κ2) is 30.4. The summed E-state index contributed by atoms with van der Waals surface area (Å²) in [5.74, 6) is 4.78. The monoisotopic (exact) mass is 1740 g/mol. The Balaban J connectivity index is 0.0000000988. The number of imidazole rings is 6. The smallest absolute Gasteiger partial charge is 0.166 e. The highest BCUT2D eigenvalue weighted by Gasteiger charge is 2.76. The van der Waals surface area contributed by atoms with Gasteiger partial charge in [0.1, 0.15) is 86.9 Å². The molecule has 12 saturated carbocycles. The Hall–Kier alpha value is -10.4. The molecular formula is C81H106N28O17. The van der Waals surface area contributed by atoms with Gasteiger partial charge in [0.05, 0.1) is 156 Å². The highest BCUT2D eigenvalue weighted by Crippen LogP contribution is 2.72. The van der Waals surface area contributed by atoms with E-state index in [9.17, 15) is 86.8 Å². The van der Waals surface area contributed by atoms with Gasteiger partial charge < -0.3 is 147 Å². The number of nitrogens with two attached hydrogens (primary N) is 3. The Kier molecular flexibility index (Phi) is 20.5. The number of nitrogens with one attached hydrogen (secondary N) is 3. The van der Waals surface area contributed by atoms with Gasteiger partial charge in [0.15, 0.2) is 57.2 Å². The molecule has 0 aromatic carbocycles. The van der Waals surface area contributed by atoms with Crippen LogP contribution >= 0.6 is 0 Å². The minimum absolute atomic E-state index is 0.0152. The molecule has 0 radical (unpaired) electrons. The van der Waals surface area contributed by atoms with Gasteiger partial charge in [-0.2, -0.15) is 0 Å². The molecule has 12 fully saturated rings. The van der Waals surface area contributed by atoms with Crippen LogP contribution in [-0.4, -0.2) is 322 Å². The van der Waals surface area contributed by atoms with Crippen LogP contribution in [0.1, 0.15) is 104 Å². The molecular weight excluding hydrogens is 1640 g/mol. The number of aromatic nitrogens is 22. The first-order valence-corrected chi connectivity index (χ1v) is 42.3. The first kappa shape index (κ1) is 85.0. The number of pyridine rings is 2. The third-order valence-corrected chi connectivity index (χ3v) is 30.6. The van der Waals surface area contributed by atoms with Crippen LogP contribution in [0.4, 0.5) is 34.6 Å². The molecule has 12 aromatic rings. The Bertz CT molecular complexity index is 6090. The van der Waals surface area contributed by atoms with Gasteiger partial charge in [-0.15, -0.1) is 0 Å². The normalized spacial score (nSPS) is 37.2. The molecule has 672 valence electrons. The predicted molar refractivity (Wildman–Crippen MR) is 448 cm³/mol. The zero-order valence-electron chi connectivity index (χ0n) is 69.9. The molecule has 12 aliphatic rings. The minimum atomic E-state index is -0.954. The van der Waals surface area contributed by atoms with Gasteiger partial charge in [-0.05, 0) is 120 Å². The van der Waals surface area contributed by atoms with E-state index in [0.29, 0.717) is 135 Å². The molecule has 29 atom stereocenters. The number of anilines is 6. The average Bonchev–Trinajstić information content (AvgIpc) is 1.51. The van der Waals surface area contributed by atoms with Crippen molar-refractivity contribution in [1.29, 1.82) is 0 Å². The van der Waals surface area contributed by atoms with E-state index in [1.807, 2.05) is 40.8 Å². The Morgan fingerprint density at radius 3 is 0.937 bits per heavy atom. The maximum Gasteiger partial charge on any atom is 0.166 e. The minimum Gasteiger partial charge on any atom is -0.397 e. The molecule has 0 aliphatic heterocycles. The van der Waals surface area contributed by atoms with E-state index in [2.05, 4.69) is 95.7 Å². The van der Waals surface area contributed by atoms with Crippen molar-refractivity contribution in [2.24, 2.45) is 68.0 Å². The number of fused-ring (bicyclic) bond motifs is 12. The van der Waals surface area contributed by atoms with E-state index in [-0.39, 0.29) is 111 Å². The van der Waals surface area contributed by atoms with E-state index >= 15 is 0 Å². The Morgan fingerprint density at radius 1 is 0.325 bits per heavy atom. The summed E-state index contributed by atoms with van der Waals surface area (Å²) in [5, 5.41) is 179. The van der Waals surface area contributed by atoms with E-state index in [0.717, 1.165) is 41.0 Å². The summed E-state index contributed by atoms with van der Waals surface area (Å²) in [6.45, 7) is 6.59. The lowest BCUT2D eigenvalue weighted by molar-refractivity contribution is -0.0301. The van der Waals surface area contributed by atoms with Gasteiger partial charge in [0.2, 0.25) is 0 Å². The van der Waals surface area contributed by atoms with Crippen molar-refractivity contribution in [2.45, 2.75) is 176 Å². The molecule has 45 nitrogen and oxygen atoms in total. The maximum atomic E-state index is 10.4. The summed E-state index contributed by atoms with van der Waals surface area (Å²) in [5.41, 5.74) is 23.3. The van der Waals surface area contributed by atoms with Gasteiger partial charge in [-0.1, -0.05) is 0 Å².